The molecule has 2 aromatic carbocycles. The number of aromatic nitrogens is 1. The van der Waals surface area contributed by atoms with E-state index in [2.05, 4.69) is 0 Å². The summed E-state index contributed by atoms with van der Waals surface area (Å²) in [5, 5.41) is 1.10. The normalized spacial score (nSPS) is 14.8. The molecule has 0 saturated carbocycles. The van der Waals surface area contributed by atoms with E-state index in [0.717, 1.165) is 27.7 Å². The number of anilines is 1. The van der Waals surface area contributed by atoms with E-state index >= 15 is 0 Å². The highest BCUT2D eigenvalue weighted by Gasteiger charge is 2.29. The van der Waals surface area contributed by atoms with E-state index in [0.29, 0.717) is 19.5 Å². The van der Waals surface area contributed by atoms with Gasteiger partial charge in [0.1, 0.15) is 6.54 Å². The molecule has 138 valence electrons. The van der Waals surface area contributed by atoms with Crippen molar-refractivity contribution < 1.29 is 9.59 Å². The lowest BCUT2D eigenvalue weighted by molar-refractivity contribution is -0.136. The van der Waals surface area contributed by atoms with Crippen LogP contribution in [-0.2, 0) is 23.1 Å². The van der Waals surface area contributed by atoms with Crippen LogP contribution in [0.4, 0.5) is 5.69 Å². The molecule has 27 heavy (non-hydrogen) atoms. The SMILES string of the molecule is Cc1ccccc1N1CCN(C(=O)Cc2cn(C)c3ccccc23)CC1=O. The van der Waals surface area contributed by atoms with Crippen molar-refractivity contribution >= 4 is 28.4 Å². The first-order valence-electron chi connectivity index (χ1n) is 9.21. The Hall–Kier alpha value is -3.08. The number of hydrogen-bond acceptors (Lipinski definition) is 2. The third kappa shape index (κ3) is 3.21. The Morgan fingerprint density at radius 1 is 1.04 bits per heavy atom. The van der Waals surface area contributed by atoms with Gasteiger partial charge in [-0.25, -0.2) is 0 Å². The van der Waals surface area contributed by atoms with Gasteiger partial charge in [-0.1, -0.05) is 36.4 Å². The number of aryl methyl sites for hydroxylation is 2. The molecule has 3 aromatic rings. The first-order chi connectivity index (χ1) is 13.0. The molecular formula is C22H23N3O2. The Labute approximate surface area is 158 Å². The topological polar surface area (TPSA) is 45.5 Å². The number of piperazine rings is 1. The average Bonchev–Trinajstić information content (AvgIpc) is 2.98. The fraction of sp³-hybridized carbons (Fsp3) is 0.273. The van der Waals surface area contributed by atoms with Gasteiger partial charge in [0.15, 0.2) is 0 Å². The highest BCUT2D eigenvalue weighted by atomic mass is 16.2. The minimum absolute atomic E-state index is 0.00383. The molecule has 1 saturated heterocycles. The summed E-state index contributed by atoms with van der Waals surface area (Å²) in [6.07, 6.45) is 2.33. The third-order valence-corrected chi connectivity index (χ3v) is 5.30. The van der Waals surface area contributed by atoms with Crippen molar-refractivity contribution in [1.82, 2.24) is 9.47 Å². The van der Waals surface area contributed by atoms with E-state index in [1.807, 2.05) is 73.3 Å². The summed E-state index contributed by atoms with van der Waals surface area (Å²) in [4.78, 5) is 28.9. The lowest BCUT2D eigenvalue weighted by Gasteiger charge is -2.35. The molecule has 0 bridgehead atoms. The van der Waals surface area contributed by atoms with Crippen LogP contribution in [0.25, 0.3) is 10.9 Å². The van der Waals surface area contributed by atoms with E-state index in [9.17, 15) is 9.59 Å². The Morgan fingerprint density at radius 3 is 2.56 bits per heavy atom. The van der Waals surface area contributed by atoms with Gasteiger partial charge < -0.3 is 14.4 Å². The minimum Gasteiger partial charge on any atom is -0.350 e. The zero-order chi connectivity index (χ0) is 19.0. The second-order valence-electron chi connectivity index (χ2n) is 7.11. The number of nitrogens with zero attached hydrogens (tertiary/aromatic N) is 3. The van der Waals surface area contributed by atoms with Gasteiger partial charge in [0.2, 0.25) is 11.8 Å². The van der Waals surface area contributed by atoms with Crippen LogP contribution in [0, 0.1) is 6.92 Å². The maximum Gasteiger partial charge on any atom is 0.246 e. The van der Waals surface area contributed by atoms with E-state index in [4.69, 9.17) is 0 Å². The van der Waals surface area contributed by atoms with Gasteiger partial charge in [-0.2, -0.15) is 0 Å². The number of carbonyl (C=O) groups is 2. The summed E-state index contributed by atoms with van der Waals surface area (Å²) in [7, 11) is 1.99. The summed E-state index contributed by atoms with van der Waals surface area (Å²) >= 11 is 0. The second kappa shape index (κ2) is 6.91. The molecule has 4 rings (SSSR count). The molecule has 0 radical (unpaired) electrons. The highest BCUT2D eigenvalue weighted by molar-refractivity contribution is 5.99. The maximum atomic E-state index is 12.8. The Bertz CT molecular complexity index is 1020. The molecule has 1 aliphatic rings. The summed E-state index contributed by atoms with van der Waals surface area (Å²) in [6, 6.07) is 15.9. The van der Waals surface area contributed by atoms with Gasteiger partial charge in [0, 0.05) is 42.9 Å². The average molecular weight is 361 g/mol. The smallest absolute Gasteiger partial charge is 0.246 e. The van der Waals surface area contributed by atoms with Gasteiger partial charge in [-0.3, -0.25) is 9.59 Å². The highest BCUT2D eigenvalue weighted by Crippen LogP contribution is 2.23. The first-order valence-corrected chi connectivity index (χ1v) is 9.21. The minimum atomic E-state index is -0.0261. The fourth-order valence-electron chi connectivity index (χ4n) is 3.85. The van der Waals surface area contributed by atoms with Crippen LogP contribution in [0.3, 0.4) is 0 Å². The lowest BCUT2D eigenvalue weighted by atomic mass is 10.1. The third-order valence-electron chi connectivity index (χ3n) is 5.30. The number of benzene rings is 2. The molecule has 0 spiro atoms. The zero-order valence-electron chi connectivity index (χ0n) is 15.7. The van der Waals surface area contributed by atoms with Crippen molar-refractivity contribution in [2.24, 2.45) is 7.05 Å². The number of para-hydroxylation sites is 2. The molecule has 0 aliphatic carbocycles. The van der Waals surface area contributed by atoms with E-state index in [1.54, 1.807) is 9.80 Å². The number of rotatable bonds is 3. The van der Waals surface area contributed by atoms with Crippen LogP contribution in [0.15, 0.2) is 54.7 Å². The molecule has 1 fully saturated rings. The molecule has 5 nitrogen and oxygen atoms in total. The Kier molecular flexibility index (Phi) is 4.44. The predicted octanol–water partition coefficient (Wildman–Crippen LogP) is 2.90. The molecule has 5 heteroatoms. The number of hydrogen-bond donors (Lipinski definition) is 0. The van der Waals surface area contributed by atoms with E-state index in [-0.39, 0.29) is 18.4 Å². The van der Waals surface area contributed by atoms with Crippen LogP contribution in [0.2, 0.25) is 0 Å². The van der Waals surface area contributed by atoms with Crippen LogP contribution in [0.5, 0.6) is 0 Å². The summed E-state index contributed by atoms with van der Waals surface area (Å²) < 4.78 is 2.04. The molecule has 2 heterocycles. The van der Waals surface area contributed by atoms with Gasteiger partial charge >= 0.3 is 0 Å². The van der Waals surface area contributed by atoms with Crippen LogP contribution in [0.1, 0.15) is 11.1 Å². The van der Waals surface area contributed by atoms with Crippen molar-refractivity contribution in [3.8, 4) is 0 Å². The Balaban J connectivity index is 1.48. The molecule has 0 N–H and O–H groups in total. The predicted molar refractivity (Wildman–Crippen MR) is 107 cm³/mol. The van der Waals surface area contributed by atoms with Crippen LogP contribution in [-0.4, -0.2) is 40.9 Å². The van der Waals surface area contributed by atoms with Gasteiger partial charge in [-0.15, -0.1) is 0 Å². The van der Waals surface area contributed by atoms with Crippen molar-refractivity contribution in [3.05, 3.63) is 65.9 Å². The zero-order valence-corrected chi connectivity index (χ0v) is 15.7. The lowest BCUT2D eigenvalue weighted by Crippen LogP contribution is -2.53. The Morgan fingerprint density at radius 2 is 1.78 bits per heavy atom. The number of amides is 2. The fourth-order valence-corrected chi connectivity index (χ4v) is 3.85. The summed E-state index contributed by atoms with van der Waals surface area (Å²) in [6.45, 7) is 3.23. The second-order valence-corrected chi connectivity index (χ2v) is 7.11. The summed E-state index contributed by atoms with van der Waals surface area (Å²) in [5.74, 6) is -0.0223. The molecule has 1 aliphatic heterocycles. The largest absolute Gasteiger partial charge is 0.350 e. The van der Waals surface area contributed by atoms with Crippen molar-refractivity contribution in [1.29, 1.82) is 0 Å². The number of carbonyl (C=O) groups excluding carboxylic acids is 2. The standard InChI is InChI=1S/C22H23N3O2/c1-16-7-3-5-9-19(16)25-12-11-24(15-22(25)27)21(26)13-17-14-23(2)20-10-6-4-8-18(17)20/h3-10,14H,11-13,15H2,1-2H3. The maximum absolute atomic E-state index is 12.8. The monoisotopic (exact) mass is 361 g/mol. The van der Waals surface area contributed by atoms with Crippen LogP contribution >= 0.6 is 0 Å². The van der Waals surface area contributed by atoms with Crippen molar-refractivity contribution in [2.75, 3.05) is 24.5 Å². The van der Waals surface area contributed by atoms with Crippen molar-refractivity contribution in [3.63, 3.8) is 0 Å². The first kappa shape index (κ1) is 17.3. The molecule has 0 atom stereocenters. The molecular weight excluding hydrogens is 338 g/mol. The van der Waals surface area contributed by atoms with Crippen LogP contribution < -0.4 is 4.90 Å². The quantitative estimate of drug-likeness (QED) is 0.720. The van der Waals surface area contributed by atoms with E-state index < -0.39 is 0 Å². The van der Waals surface area contributed by atoms with Gasteiger partial charge in [-0.05, 0) is 30.2 Å². The summed E-state index contributed by atoms with van der Waals surface area (Å²) in [5.41, 5.74) is 4.12. The van der Waals surface area contributed by atoms with Gasteiger partial charge in [0.25, 0.3) is 0 Å². The van der Waals surface area contributed by atoms with Crippen molar-refractivity contribution in [2.45, 2.75) is 13.3 Å². The molecule has 2 amide bonds. The number of fused-ring (bicyclic) bond motifs is 1. The molecule has 0 unspecified atom stereocenters. The van der Waals surface area contributed by atoms with Gasteiger partial charge in [0.05, 0.1) is 6.42 Å². The van der Waals surface area contributed by atoms with E-state index in [1.165, 1.54) is 0 Å². The molecule has 1 aromatic heterocycles.